The van der Waals surface area contributed by atoms with Gasteiger partial charge in [0.1, 0.15) is 9.94 Å². The van der Waals surface area contributed by atoms with Crippen molar-refractivity contribution in [2.24, 2.45) is 0 Å². The van der Waals surface area contributed by atoms with Gasteiger partial charge in [-0.15, -0.1) is 0 Å². The topological polar surface area (TPSA) is 137 Å². The minimum Gasteiger partial charge on any atom is -0.390 e. The highest BCUT2D eigenvalue weighted by atomic mass is 16.6. The van der Waals surface area contributed by atoms with E-state index < -0.39 is 21.7 Å². The van der Waals surface area contributed by atoms with E-state index >= 15 is 0 Å². The Bertz CT molecular complexity index is 342. The van der Waals surface area contributed by atoms with Gasteiger partial charge in [-0.25, -0.2) is 0 Å². The van der Waals surface area contributed by atoms with E-state index in [1.165, 1.54) is 0 Å². The van der Waals surface area contributed by atoms with Crippen LogP contribution in [0.4, 0.5) is 11.9 Å². The largest absolute Gasteiger partial charge is 0.512 e. The van der Waals surface area contributed by atoms with Crippen molar-refractivity contribution in [2.45, 2.75) is 0 Å². The first kappa shape index (κ1) is 7.84. The van der Waals surface area contributed by atoms with Gasteiger partial charge in [-0.3, -0.25) is 0 Å². The zero-order valence-corrected chi connectivity index (χ0v) is 5.32. The molecule has 1 aromatic rings. The van der Waals surface area contributed by atoms with Crippen LogP contribution < -0.4 is 0 Å². The van der Waals surface area contributed by atoms with Gasteiger partial charge in [0.05, 0.1) is 0 Å². The van der Waals surface area contributed by atoms with Gasteiger partial charge in [-0.05, 0) is 9.85 Å². The van der Waals surface area contributed by atoms with Crippen LogP contribution >= 0.6 is 0 Å². The van der Waals surface area contributed by atoms with Crippen molar-refractivity contribution >= 4 is 11.9 Å². The third-order valence-electron chi connectivity index (χ3n) is 0.890. The molecular weight excluding hydrogens is 174 g/mol. The molecule has 64 valence electrons. The minimum absolute atomic E-state index is 0.266. The molecule has 0 amide bonds. The Kier molecular flexibility index (Phi) is 1.58. The standard InChI is InChI=1S/C2HN5O5/c8-5-2(7(11)12)3-1(4-5)6(9)10/h8H. The summed E-state index contributed by atoms with van der Waals surface area (Å²) in [6.45, 7) is 0. The fourth-order valence-electron chi connectivity index (χ4n) is 0.477. The molecule has 1 heterocycles. The highest BCUT2D eigenvalue weighted by molar-refractivity contribution is 5.12. The van der Waals surface area contributed by atoms with Crippen LogP contribution in [0.5, 0.6) is 0 Å². The Morgan fingerprint density at radius 1 is 1.33 bits per heavy atom. The minimum atomic E-state index is -1.10. The summed E-state index contributed by atoms with van der Waals surface area (Å²) >= 11 is 0. The Balaban J connectivity index is 3.17. The lowest BCUT2D eigenvalue weighted by Gasteiger charge is -1.85. The zero-order chi connectivity index (χ0) is 9.30. The first-order chi connectivity index (χ1) is 5.52. The molecule has 1 rings (SSSR count). The molecule has 0 aliphatic heterocycles. The zero-order valence-electron chi connectivity index (χ0n) is 5.32. The summed E-state index contributed by atoms with van der Waals surface area (Å²) in [6, 6.07) is 0. The van der Waals surface area contributed by atoms with Gasteiger partial charge in [0.2, 0.25) is 0 Å². The second-order valence-corrected chi connectivity index (χ2v) is 1.62. The summed E-state index contributed by atoms with van der Waals surface area (Å²) < 4.78 is 0. The van der Waals surface area contributed by atoms with Gasteiger partial charge in [0, 0.05) is 4.98 Å². The molecule has 1 N–H and O–H groups in total. The second kappa shape index (κ2) is 2.41. The Morgan fingerprint density at radius 3 is 2.17 bits per heavy atom. The molecule has 0 aromatic carbocycles. The fourth-order valence-corrected chi connectivity index (χ4v) is 0.477. The van der Waals surface area contributed by atoms with E-state index in [2.05, 4.69) is 10.1 Å². The molecule has 0 unspecified atom stereocenters. The van der Waals surface area contributed by atoms with Crippen LogP contribution in [-0.2, 0) is 0 Å². The quantitative estimate of drug-likeness (QED) is 0.357. The molecule has 0 atom stereocenters. The maximum Gasteiger partial charge on any atom is 0.512 e. The summed E-state index contributed by atoms with van der Waals surface area (Å²) in [4.78, 5) is 20.3. The predicted octanol–water partition coefficient (Wildman–Crippen LogP) is -0.668. The predicted molar refractivity (Wildman–Crippen MR) is 30.5 cm³/mol. The van der Waals surface area contributed by atoms with Crippen molar-refractivity contribution in [1.29, 1.82) is 0 Å². The van der Waals surface area contributed by atoms with Gasteiger partial charge in [-0.1, -0.05) is 0 Å². The Hall–Kier alpha value is -2.26. The molecule has 10 heteroatoms. The Morgan fingerprint density at radius 2 is 1.92 bits per heavy atom. The molecule has 0 aliphatic carbocycles. The van der Waals surface area contributed by atoms with Crippen LogP contribution in [0.3, 0.4) is 0 Å². The van der Waals surface area contributed by atoms with Crippen LogP contribution in [0.1, 0.15) is 0 Å². The number of aromatic nitrogens is 3. The molecule has 0 aliphatic rings. The second-order valence-electron chi connectivity index (χ2n) is 1.62. The number of rotatable bonds is 2. The van der Waals surface area contributed by atoms with Crippen LogP contribution in [0.15, 0.2) is 0 Å². The summed E-state index contributed by atoms with van der Waals surface area (Å²) in [5.74, 6) is -2.12. The van der Waals surface area contributed by atoms with Crippen LogP contribution in [-0.4, -0.2) is 30.0 Å². The number of hydrogen-bond donors (Lipinski definition) is 1. The smallest absolute Gasteiger partial charge is 0.390 e. The van der Waals surface area contributed by atoms with Crippen LogP contribution in [0, 0.1) is 20.2 Å². The average molecular weight is 175 g/mol. The molecular formula is C2HN5O5. The summed E-state index contributed by atoms with van der Waals surface area (Å²) in [6.07, 6.45) is 0. The van der Waals surface area contributed by atoms with Crippen molar-refractivity contribution in [1.82, 2.24) is 14.9 Å². The van der Waals surface area contributed by atoms with E-state index in [9.17, 15) is 20.2 Å². The first-order valence-corrected chi connectivity index (χ1v) is 2.47. The molecule has 10 nitrogen and oxygen atoms in total. The van der Waals surface area contributed by atoms with Gasteiger partial charge >= 0.3 is 11.9 Å². The Labute approximate surface area is 63.3 Å². The van der Waals surface area contributed by atoms with E-state index in [1.54, 1.807) is 0 Å². The molecule has 0 radical (unpaired) electrons. The lowest BCUT2D eigenvalue weighted by Crippen LogP contribution is -2.00. The van der Waals surface area contributed by atoms with E-state index in [-0.39, 0.29) is 4.85 Å². The molecule has 12 heavy (non-hydrogen) atoms. The van der Waals surface area contributed by atoms with E-state index in [4.69, 9.17) is 5.21 Å². The van der Waals surface area contributed by atoms with Crippen molar-refractivity contribution in [2.75, 3.05) is 0 Å². The van der Waals surface area contributed by atoms with Gasteiger partial charge in [0.25, 0.3) is 0 Å². The third kappa shape index (κ3) is 1.12. The molecule has 1 aromatic heterocycles. The number of nitrogens with zero attached hydrogens (tertiary/aromatic N) is 5. The maximum atomic E-state index is 9.96. The summed E-state index contributed by atoms with van der Waals surface area (Å²) in [7, 11) is 0. The maximum absolute atomic E-state index is 9.96. The number of nitro groups is 2. The first-order valence-electron chi connectivity index (χ1n) is 2.47. The van der Waals surface area contributed by atoms with Crippen LogP contribution in [0.2, 0.25) is 0 Å². The third-order valence-corrected chi connectivity index (χ3v) is 0.890. The number of hydrogen-bond acceptors (Lipinski definition) is 7. The van der Waals surface area contributed by atoms with Crippen molar-refractivity contribution in [3.63, 3.8) is 0 Å². The lowest BCUT2D eigenvalue weighted by atomic mass is 11.0. The SMILES string of the molecule is O=[N+]([O-])c1nc([N+](=O)[O-])n(O)n1. The van der Waals surface area contributed by atoms with Crippen LogP contribution in [0.25, 0.3) is 0 Å². The molecule has 0 fully saturated rings. The lowest BCUT2D eigenvalue weighted by molar-refractivity contribution is -0.406. The highest BCUT2D eigenvalue weighted by Crippen LogP contribution is 2.10. The normalized spacial score (nSPS) is 9.67. The van der Waals surface area contributed by atoms with E-state index in [0.717, 1.165) is 0 Å². The van der Waals surface area contributed by atoms with Crippen molar-refractivity contribution in [3.8, 4) is 0 Å². The fraction of sp³-hybridized carbons (Fsp3) is 0. The molecule has 0 saturated heterocycles. The molecule has 0 saturated carbocycles. The molecule has 0 spiro atoms. The average Bonchev–Trinajstić information content (AvgIpc) is 2.30. The molecule has 0 bridgehead atoms. The summed E-state index contributed by atoms with van der Waals surface area (Å²) in [5, 5.41) is 31.2. The van der Waals surface area contributed by atoms with Crippen molar-refractivity contribution < 1.29 is 15.1 Å². The van der Waals surface area contributed by atoms with Gasteiger partial charge < -0.3 is 25.4 Å². The van der Waals surface area contributed by atoms with E-state index in [1.807, 2.05) is 0 Å². The van der Waals surface area contributed by atoms with Gasteiger partial charge in [-0.2, -0.15) is 0 Å². The highest BCUT2D eigenvalue weighted by Gasteiger charge is 2.28. The van der Waals surface area contributed by atoms with E-state index in [0.29, 0.717) is 0 Å². The van der Waals surface area contributed by atoms with Gasteiger partial charge in [0.15, 0.2) is 0 Å². The van der Waals surface area contributed by atoms with Crippen molar-refractivity contribution in [3.05, 3.63) is 20.2 Å². The monoisotopic (exact) mass is 175 g/mol. The summed E-state index contributed by atoms with van der Waals surface area (Å²) in [5.41, 5.74) is 0.